The molecule has 0 spiro atoms. The lowest BCUT2D eigenvalue weighted by atomic mass is 10.0. The molecule has 26 heavy (non-hydrogen) atoms. The third kappa shape index (κ3) is 4.54. The van der Waals surface area contributed by atoms with Gasteiger partial charge in [-0.15, -0.1) is 0 Å². The first kappa shape index (κ1) is 17.8. The second-order valence-corrected chi connectivity index (χ2v) is 6.33. The monoisotopic (exact) mass is 346 g/mol. The molecule has 2 aromatic carbocycles. The zero-order valence-electron chi connectivity index (χ0n) is 14.9. The van der Waals surface area contributed by atoms with Crippen LogP contribution in [0.15, 0.2) is 60.9 Å². The lowest BCUT2D eigenvalue weighted by molar-refractivity contribution is -0.136. The molecule has 1 aromatic heterocycles. The van der Waals surface area contributed by atoms with E-state index in [0.717, 1.165) is 40.9 Å². The Hall–Kier alpha value is -3.01. The normalized spacial score (nSPS) is 10.7. The molecule has 0 bridgehead atoms. The molecule has 3 rings (SSSR count). The zero-order valence-corrected chi connectivity index (χ0v) is 14.9. The molecule has 0 aliphatic carbocycles. The predicted molar refractivity (Wildman–Crippen MR) is 103 cm³/mol. The fraction of sp³-hybridized carbons (Fsp3) is 0.227. The lowest BCUT2D eigenvalue weighted by Gasteiger charge is -2.06. The van der Waals surface area contributed by atoms with Crippen molar-refractivity contribution in [3.8, 4) is 22.5 Å². The summed E-state index contributed by atoms with van der Waals surface area (Å²) in [7, 11) is 0. The summed E-state index contributed by atoms with van der Waals surface area (Å²) in [5.41, 5.74) is 5.33. The third-order valence-corrected chi connectivity index (χ3v) is 4.32. The molecule has 4 heteroatoms. The van der Waals surface area contributed by atoms with Crippen molar-refractivity contribution >= 4 is 5.97 Å². The Bertz CT molecular complexity index is 854. The number of carboxylic acids is 1. The summed E-state index contributed by atoms with van der Waals surface area (Å²) in [6.07, 6.45) is 6.57. The highest BCUT2D eigenvalue weighted by atomic mass is 16.4. The molecule has 0 aliphatic heterocycles. The number of aliphatic carboxylic acids is 1. The SMILES string of the molecule is CCCc1ccc(-c2ncc(-c3ccc(CCC(=O)O)cc3)cn2)cc1. The van der Waals surface area contributed by atoms with Crippen LogP contribution in [0.4, 0.5) is 0 Å². The van der Waals surface area contributed by atoms with E-state index >= 15 is 0 Å². The Balaban J connectivity index is 1.71. The second-order valence-electron chi connectivity index (χ2n) is 6.33. The molecule has 132 valence electrons. The Kier molecular flexibility index (Phi) is 5.74. The van der Waals surface area contributed by atoms with Crippen LogP contribution in [0.1, 0.15) is 30.9 Å². The van der Waals surface area contributed by atoms with E-state index in [0.29, 0.717) is 6.42 Å². The molecular formula is C22H22N2O2. The van der Waals surface area contributed by atoms with Gasteiger partial charge < -0.3 is 5.11 Å². The number of aromatic nitrogens is 2. The molecule has 0 saturated carbocycles. The summed E-state index contributed by atoms with van der Waals surface area (Å²) in [6.45, 7) is 2.18. The number of carbonyl (C=O) groups is 1. The number of rotatable bonds is 7. The van der Waals surface area contributed by atoms with Crippen LogP contribution in [-0.4, -0.2) is 21.0 Å². The van der Waals surface area contributed by atoms with Crippen LogP contribution in [0, 0.1) is 0 Å². The van der Waals surface area contributed by atoms with E-state index in [1.807, 2.05) is 36.7 Å². The third-order valence-electron chi connectivity index (χ3n) is 4.32. The average molecular weight is 346 g/mol. The van der Waals surface area contributed by atoms with Crippen molar-refractivity contribution in [1.82, 2.24) is 9.97 Å². The lowest BCUT2D eigenvalue weighted by Crippen LogP contribution is -1.97. The predicted octanol–water partition coefficient (Wildman–Crippen LogP) is 4.78. The largest absolute Gasteiger partial charge is 0.481 e. The fourth-order valence-corrected chi connectivity index (χ4v) is 2.85. The number of aryl methyl sites for hydroxylation is 2. The molecule has 1 heterocycles. The van der Waals surface area contributed by atoms with Crippen LogP contribution in [0.2, 0.25) is 0 Å². The van der Waals surface area contributed by atoms with Crippen LogP contribution >= 0.6 is 0 Å². The minimum atomic E-state index is -0.777. The highest BCUT2D eigenvalue weighted by molar-refractivity contribution is 5.67. The Morgan fingerprint density at radius 1 is 0.808 bits per heavy atom. The first-order chi connectivity index (χ1) is 12.7. The summed E-state index contributed by atoms with van der Waals surface area (Å²) in [5.74, 6) is -0.0596. The summed E-state index contributed by atoms with van der Waals surface area (Å²) >= 11 is 0. The summed E-state index contributed by atoms with van der Waals surface area (Å²) < 4.78 is 0. The quantitative estimate of drug-likeness (QED) is 0.669. The van der Waals surface area contributed by atoms with Crippen molar-refractivity contribution in [2.45, 2.75) is 32.6 Å². The minimum absolute atomic E-state index is 0.147. The van der Waals surface area contributed by atoms with Gasteiger partial charge in [-0.3, -0.25) is 4.79 Å². The van der Waals surface area contributed by atoms with Gasteiger partial charge in [0, 0.05) is 29.9 Å². The van der Waals surface area contributed by atoms with Gasteiger partial charge in [-0.05, 0) is 29.5 Å². The summed E-state index contributed by atoms with van der Waals surface area (Å²) in [4.78, 5) is 19.6. The van der Waals surface area contributed by atoms with E-state index in [2.05, 4.69) is 41.2 Å². The van der Waals surface area contributed by atoms with Gasteiger partial charge >= 0.3 is 5.97 Å². The first-order valence-electron chi connectivity index (χ1n) is 8.88. The topological polar surface area (TPSA) is 63.1 Å². The van der Waals surface area contributed by atoms with Gasteiger partial charge in [-0.25, -0.2) is 9.97 Å². The van der Waals surface area contributed by atoms with Crippen LogP contribution in [0.5, 0.6) is 0 Å². The van der Waals surface area contributed by atoms with Crippen molar-refractivity contribution in [2.75, 3.05) is 0 Å². The molecule has 0 aliphatic rings. The van der Waals surface area contributed by atoms with Crippen molar-refractivity contribution < 1.29 is 9.90 Å². The Morgan fingerprint density at radius 2 is 1.35 bits per heavy atom. The van der Waals surface area contributed by atoms with Crippen LogP contribution in [0.3, 0.4) is 0 Å². The number of hydrogen-bond donors (Lipinski definition) is 1. The Morgan fingerprint density at radius 3 is 1.88 bits per heavy atom. The van der Waals surface area contributed by atoms with Gasteiger partial charge in [0.25, 0.3) is 0 Å². The highest BCUT2D eigenvalue weighted by Gasteiger charge is 2.05. The van der Waals surface area contributed by atoms with Crippen LogP contribution in [-0.2, 0) is 17.6 Å². The van der Waals surface area contributed by atoms with E-state index < -0.39 is 5.97 Å². The van der Waals surface area contributed by atoms with Crippen molar-refractivity contribution in [2.24, 2.45) is 0 Å². The molecule has 1 N–H and O–H groups in total. The molecule has 0 saturated heterocycles. The van der Waals surface area contributed by atoms with E-state index in [1.54, 1.807) is 0 Å². The van der Waals surface area contributed by atoms with Gasteiger partial charge in [0.15, 0.2) is 5.82 Å². The molecule has 0 amide bonds. The zero-order chi connectivity index (χ0) is 18.4. The second kappa shape index (κ2) is 8.39. The maximum Gasteiger partial charge on any atom is 0.303 e. The number of carboxylic acid groups (broad SMARTS) is 1. The molecule has 3 aromatic rings. The van der Waals surface area contributed by atoms with E-state index in [-0.39, 0.29) is 6.42 Å². The fourth-order valence-electron chi connectivity index (χ4n) is 2.85. The molecule has 0 fully saturated rings. The van der Waals surface area contributed by atoms with Crippen molar-refractivity contribution in [3.63, 3.8) is 0 Å². The van der Waals surface area contributed by atoms with Crippen LogP contribution in [0.25, 0.3) is 22.5 Å². The number of benzene rings is 2. The van der Waals surface area contributed by atoms with Gasteiger partial charge in [0.1, 0.15) is 0 Å². The van der Waals surface area contributed by atoms with Crippen molar-refractivity contribution in [3.05, 3.63) is 72.1 Å². The maximum absolute atomic E-state index is 10.6. The molecular weight excluding hydrogens is 324 g/mol. The summed E-state index contributed by atoms with van der Waals surface area (Å²) in [5, 5.41) is 8.75. The maximum atomic E-state index is 10.6. The molecule has 0 radical (unpaired) electrons. The highest BCUT2D eigenvalue weighted by Crippen LogP contribution is 2.22. The van der Waals surface area contributed by atoms with Gasteiger partial charge in [0.2, 0.25) is 0 Å². The average Bonchev–Trinajstić information content (AvgIpc) is 2.68. The number of hydrogen-bond acceptors (Lipinski definition) is 3. The Labute approximate surface area is 153 Å². The van der Waals surface area contributed by atoms with E-state index in [4.69, 9.17) is 5.11 Å². The van der Waals surface area contributed by atoms with Gasteiger partial charge in [-0.1, -0.05) is 61.9 Å². The van der Waals surface area contributed by atoms with Gasteiger partial charge in [-0.2, -0.15) is 0 Å². The number of nitrogens with zero attached hydrogens (tertiary/aromatic N) is 2. The van der Waals surface area contributed by atoms with E-state index in [1.165, 1.54) is 5.56 Å². The molecule has 0 atom stereocenters. The summed E-state index contributed by atoms with van der Waals surface area (Å²) in [6, 6.07) is 16.3. The van der Waals surface area contributed by atoms with Gasteiger partial charge in [0.05, 0.1) is 0 Å². The van der Waals surface area contributed by atoms with Crippen molar-refractivity contribution in [1.29, 1.82) is 0 Å². The standard InChI is InChI=1S/C22H22N2O2/c1-2-3-16-6-11-19(12-7-16)22-23-14-20(15-24-22)18-9-4-17(5-10-18)8-13-21(25)26/h4-7,9-12,14-15H,2-3,8,13H2,1H3,(H,25,26). The molecule has 0 unspecified atom stereocenters. The first-order valence-corrected chi connectivity index (χ1v) is 8.88. The van der Waals surface area contributed by atoms with Crippen LogP contribution < -0.4 is 0 Å². The smallest absolute Gasteiger partial charge is 0.303 e. The minimum Gasteiger partial charge on any atom is -0.481 e. The van der Waals surface area contributed by atoms with E-state index in [9.17, 15) is 4.79 Å². The molecule has 4 nitrogen and oxygen atoms in total.